The van der Waals surface area contributed by atoms with Gasteiger partial charge in [-0.05, 0) is 25.0 Å². The van der Waals surface area contributed by atoms with Crippen LogP contribution in [0.2, 0.25) is 0 Å². The van der Waals surface area contributed by atoms with E-state index in [2.05, 4.69) is 10.0 Å². The van der Waals surface area contributed by atoms with E-state index in [-0.39, 0.29) is 17.5 Å². The number of hydrogen-bond acceptors (Lipinski definition) is 5. The molecule has 3 N–H and O–H groups in total. The van der Waals surface area contributed by atoms with Crippen molar-refractivity contribution in [1.82, 2.24) is 10.0 Å². The molecule has 1 aliphatic carbocycles. The van der Waals surface area contributed by atoms with E-state index in [1.807, 2.05) is 0 Å². The third kappa shape index (κ3) is 4.10. The van der Waals surface area contributed by atoms with Gasteiger partial charge in [-0.1, -0.05) is 31.0 Å². The summed E-state index contributed by atoms with van der Waals surface area (Å²) in [5.41, 5.74) is 0. The van der Waals surface area contributed by atoms with Gasteiger partial charge < -0.3 is 15.2 Å². The predicted octanol–water partition coefficient (Wildman–Crippen LogP) is 0.625. The van der Waals surface area contributed by atoms with Gasteiger partial charge in [-0.2, -0.15) is 0 Å². The fourth-order valence-corrected chi connectivity index (χ4v) is 4.35. The monoisotopic (exact) mass is 340 g/mol. The minimum atomic E-state index is -3.57. The Labute approximate surface area is 137 Å². The Balaban J connectivity index is 1.52. The second-order valence-electron chi connectivity index (χ2n) is 6.28. The van der Waals surface area contributed by atoms with Gasteiger partial charge >= 0.3 is 0 Å². The number of hydrogen-bond donors (Lipinski definition) is 3. The molecule has 1 aromatic carbocycles. The second kappa shape index (κ2) is 7.27. The average Bonchev–Trinajstić information content (AvgIpc) is 3.18. The normalized spacial score (nSPS) is 29.2. The van der Waals surface area contributed by atoms with Crippen LogP contribution in [0.1, 0.15) is 25.7 Å². The Kier molecular flexibility index (Phi) is 5.33. The maximum Gasteiger partial charge on any atom is 0.240 e. The first-order valence-corrected chi connectivity index (χ1v) is 9.65. The SMILES string of the molecule is O=S(=O)(NCC1OCC(NC2CCCC2)C1O)c1ccccc1. The van der Waals surface area contributed by atoms with Crippen LogP contribution < -0.4 is 10.0 Å². The van der Waals surface area contributed by atoms with Crippen molar-refractivity contribution >= 4 is 10.0 Å². The summed E-state index contributed by atoms with van der Waals surface area (Å²) >= 11 is 0. The van der Waals surface area contributed by atoms with Gasteiger partial charge in [0.15, 0.2) is 0 Å². The lowest BCUT2D eigenvalue weighted by Crippen LogP contribution is -2.47. The van der Waals surface area contributed by atoms with E-state index in [1.165, 1.54) is 12.8 Å². The zero-order valence-electron chi connectivity index (χ0n) is 13.0. The Morgan fingerprint density at radius 3 is 2.57 bits per heavy atom. The molecule has 23 heavy (non-hydrogen) atoms. The summed E-state index contributed by atoms with van der Waals surface area (Å²) < 4.78 is 32.5. The van der Waals surface area contributed by atoms with Crippen LogP contribution in [0.15, 0.2) is 35.2 Å². The first-order valence-electron chi connectivity index (χ1n) is 8.17. The molecule has 0 aromatic heterocycles. The minimum absolute atomic E-state index is 0.0707. The Hall–Kier alpha value is -0.990. The molecule has 128 valence electrons. The molecule has 1 heterocycles. The van der Waals surface area contributed by atoms with E-state index in [1.54, 1.807) is 30.3 Å². The van der Waals surface area contributed by atoms with E-state index >= 15 is 0 Å². The molecule has 1 aromatic rings. The molecule has 1 saturated heterocycles. The lowest BCUT2D eigenvalue weighted by atomic mass is 10.1. The highest BCUT2D eigenvalue weighted by atomic mass is 32.2. The van der Waals surface area contributed by atoms with E-state index in [9.17, 15) is 13.5 Å². The van der Waals surface area contributed by atoms with Crippen LogP contribution in [0.3, 0.4) is 0 Å². The molecule has 6 nitrogen and oxygen atoms in total. The van der Waals surface area contributed by atoms with Gasteiger partial charge in [0.2, 0.25) is 10.0 Å². The molecule has 2 fully saturated rings. The number of ether oxygens (including phenoxy) is 1. The molecule has 0 bridgehead atoms. The number of aliphatic hydroxyl groups is 1. The van der Waals surface area contributed by atoms with E-state index in [0.29, 0.717) is 12.6 Å². The maximum atomic E-state index is 12.2. The average molecular weight is 340 g/mol. The summed E-state index contributed by atoms with van der Waals surface area (Å²) in [5.74, 6) is 0. The van der Waals surface area contributed by atoms with Gasteiger partial charge in [0.1, 0.15) is 0 Å². The highest BCUT2D eigenvalue weighted by Crippen LogP contribution is 2.22. The molecule has 1 aliphatic heterocycles. The number of nitrogens with one attached hydrogen (secondary N) is 2. The summed E-state index contributed by atoms with van der Waals surface area (Å²) in [7, 11) is -3.57. The minimum Gasteiger partial charge on any atom is -0.389 e. The van der Waals surface area contributed by atoms with Crippen molar-refractivity contribution < 1.29 is 18.3 Å². The molecule has 2 aliphatic rings. The fraction of sp³-hybridized carbons (Fsp3) is 0.625. The van der Waals surface area contributed by atoms with Crippen LogP contribution in [-0.2, 0) is 14.8 Å². The largest absolute Gasteiger partial charge is 0.389 e. The van der Waals surface area contributed by atoms with Crippen molar-refractivity contribution in [3.05, 3.63) is 30.3 Å². The third-order valence-electron chi connectivity index (χ3n) is 4.62. The summed E-state index contributed by atoms with van der Waals surface area (Å²) in [4.78, 5) is 0.216. The van der Waals surface area contributed by atoms with Gasteiger partial charge in [0.05, 0.1) is 29.8 Å². The van der Waals surface area contributed by atoms with Crippen molar-refractivity contribution in [2.45, 2.75) is 54.9 Å². The van der Waals surface area contributed by atoms with E-state index < -0.39 is 22.2 Å². The van der Waals surface area contributed by atoms with Crippen LogP contribution in [0.5, 0.6) is 0 Å². The smallest absolute Gasteiger partial charge is 0.240 e. The number of benzene rings is 1. The van der Waals surface area contributed by atoms with Crippen molar-refractivity contribution in [1.29, 1.82) is 0 Å². The van der Waals surface area contributed by atoms with Gasteiger partial charge in [-0.15, -0.1) is 0 Å². The highest BCUT2D eigenvalue weighted by Gasteiger charge is 2.37. The lowest BCUT2D eigenvalue weighted by Gasteiger charge is -2.22. The third-order valence-corrected chi connectivity index (χ3v) is 6.06. The molecule has 0 radical (unpaired) electrons. The van der Waals surface area contributed by atoms with Crippen LogP contribution >= 0.6 is 0 Å². The Morgan fingerprint density at radius 2 is 1.87 bits per heavy atom. The number of aliphatic hydroxyl groups excluding tert-OH is 1. The summed E-state index contributed by atoms with van der Waals surface area (Å²) in [6, 6.07) is 8.52. The summed E-state index contributed by atoms with van der Waals surface area (Å²) in [5, 5.41) is 13.8. The highest BCUT2D eigenvalue weighted by molar-refractivity contribution is 7.89. The maximum absolute atomic E-state index is 12.2. The predicted molar refractivity (Wildman–Crippen MR) is 86.6 cm³/mol. The number of sulfonamides is 1. The van der Waals surface area contributed by atoms with Crippen molar-refractivity contribution in [2.24, 2.45) is 0 Å². The van der Waals surface area contributed by atoms with Crippen molar-refractivity contribution in [3.63, 3.8) is 0 Å². The zero-order chi connectivity index (χ0) is 16.3. The molecule has 7 heteroatoms. The standard InChI is InChI=1S/C16H24N2O4S/c19-16-14(18-12-6-4-5-7-12)11-22-15(16)10-17-23(20,21)13-8-2-1-3-9-13/h1-3,8-9,12,14-19H,4-7,10-11H2. The van der Waals surface area contributed by atoms with E-state index in [4.69, 9.17) is 4.74 Å². The molecule has 1 saturated carbocycles. The zero-order valence-corrected chi connectivity index (χ0v) is 13.8. The Bertz CT molecular complexity index is 602. The van der Waals surface area contributed by atoms with Gasteiger partial charge in [0, 0.05) is 12.6 Å². The van der Waals surface area contributed by atoms with Crippen molar-refractivity contribution in [2.75, 3.05) is 13.2 Å². The molecule has 0 spiro atoms. The van der Waals surface area contributed by atoms with Gasteiger partial charge in [-0.25, -0.2) is 13.1 Å². The topological polar surface area (TPSA) is 87.7 Å². The molecule has 0 amide bonds. The fourth-order valence-electron chi connectivity index (χ4n) is 3.28. The molecule has 3 unspecified atom stereocenters. The van der Waals surface area contributed by atoms with Crippen molar-refractivity contribution in [3.8, 4) is 0 Å². The van der Waals surface area contributed by atoms with Gasteiger partial charge in [-0.3, -0.25) is 0 Å². The van der Waals surface area contributed by atoms with Crippen LogP contribution in [-0.4, -0.2) is 51.0 Å². The van der Waals surface area contributed by atoms with Crippen LogP contribution in [0.25, 0.3) is 0 Å². The van der Waals surface area contributed by atoms with Crippen LogP contribution in [0.4, 0.5) is 0 Å². The first kappa shape index (κ1) is 16.9. The quantitative estimate of drug-likeness (QED) is 0.707. The summed E-state index contributed by atoms with van der Waals surface area (Å²) in [6.07, 6.45) is 3.49. The molecular weight excluding hydrogens is 316 g/mol. The van der Waals surface area contributed by atoms with Gasteiger partial charge in [0.25, 0.3) is 0 Å². The van der Waals surface area contributed by atoms with Crippen LogP contribution in [0, 0.1) is 0 Å². The summed E-state index contributed by atoms with van der Waals surface area (Å²) in [6.45, 7) is 0.483. The molecular formula is C16H24N2O4S. The lowest BCUT2D eigenvalue weighted by molar-refractivity contribution is 0.0440. The molecule has 3 atom stereocenters. The molecule has 3 rings (SSSR count). The second-order valence-corrected chi connectivity index (χ2v) is 8.05. The first-order chi connectivity index (χ1) is 11.1. The number of rotatable bonds is 6. The Morgan fingerprint density at radius 1 is 1.17 bits per heavy atom. The van der Waals surface area contributed by atoms with E-state index in [0.717, 1.165) is 12.8 Å².